The van der Waals surface area contributed by atoms with Crippen LogP contribution < -0.4 is 4.74 Å². The van der Waals surface area contributed by atoms with Crippen molar-refractivity contribution in [2.45, 2.75) is 51.4 Å². The highest BCUT2D eigenvalue weighted by atomic mass is 16.5. The highest BCUT2D eigenvalue weighted by molar-refractivity contribution is 5.92. The average Bonchev–Trinajstić information content (AvgIpc) is 2.48. The van der Waals surface area contributed by atoms with E-state index in [-0.39, 0.29) is 5.41 Å². The van der Waals surface area contributed by atoms with Crippen molar-refractivity contribution in [3.63, 3.8) is 0 Å². The van der Waals surface area contributed by atoms with Crippen molar-refractivity contribution in [2.75, 3.05) is 7.11 Å². The van der Waals surface area contributed by atoms with Crippen molar-refractivity contribution >= 4 is 5.78 Å². The van der Waals surface area contributed by atoms with E-state index in [4.69, 9.17) is 4.74 Å². The fourth-order valence-corrected chi connectivity index (χ4v) is 4.26. The van der Waals surface area contributed by atoms with Crippen LogP contribution in [0.5, 0.6) is 5.75 Å². The Bertz CT molecular complexity index is 600. The van der Waals surface area contributed by atoms with Crippen LogP contribution in [0.1, 0.15) is 50.7 Å². The van der Waals surface area contributed by atoms with Gasteiger partial charge in [0.05, 0.1) is 7.11 Å². The maximum Gasteiger partial charge on any atom is 0.155 e. The van der Waals surface area contributed by atoms with Gasteiger partial charge in [-0.05, 0) is 54.5 Å². The fourth-order valence-electron chi connectivity index (χ4n) is 4.26. The number of allylic oxidation sites excluding steroid dienone is 2. The fraction of sp³-hybridized carbons (Fsp3) is 0.526. The number of methoxy groups -OCH3 is 1. The van der Waals surface area contributed by atoms with E-state index in [0.29, 0.717) is 18.1 Å². The molecular formula is C19H24O2. The second kappa shape index (κ2) is 5.32. The normalized spacial score (nSPS) is 27.7. The second-order valence-electron chi connectivity index (χ2n) is 6.55. The summed E-state index contributed by atoms with van der Waals surface area (Å²) in [5, 5.41) is 0. The third-order valence-electron chi connectivity index (χ3n) is 5.44. The lowest BCUT2D eigenvalue weighted by Gasteiger charge is -2.46. The van der Waals surface area contributed by atoms with Gasteiger partial charge in [-0.3, -0.25) is 4.79 Å². The zero-order valence-corrected chi connectivity index (χ0v) is 13.2. The second-order valence-corrected chi connectivity index (χ2v) is 6.55. The van der Waals surface area contributed by atoms with Gasteiger partial charge in [-0.2, -0.15) is 0 Å². The molecule has 2 aliphatic rings. The van der Waals surface area contributed by atoms with Crippen LogP contribution in [0.25, 0.3) is 0 Å². The van der Waals surface area contributed by atoms with Crippen molar-refractivity contribution in [3.05, 3.63) is 41.0 Å². The molecule has 0 saturated carbocycles. The number of hydrogen-bond donors (Lipinski definition) is 0. The SMILES string of the molecule is CCC[C@@H]1CC(=O)C=C2CCc3cc(OC)ccc3[C@@]21C. The number of ketones is 1. The Labute approximate surface area is 127 Å². The lowest BCUT2D eigenvalue weighted by Crippen LogP contribution is -2.42. The molecule has 0 aliphatic heterocycles. The van der Waals surface area contributed by atoms with Crippen molar-refractivity contribution < 1.29 is 9.53 Å². The lowest BCUT2D eigenvalue weighted by molar-refractivity contribution is -0.116. The Morgan fingerprint density at radius 1 is 1.33 bits per heavy atom. The van der Waals surface area contributed by atoms with Crippen molar-refractivity contribution in [1.29, 1.82) is 0 Å². The predicted molar refractivity (Wildman–Crippen MR) is 84.8 cm³/mol. The first-order valence-electron chi connectivity index (χ1n) is 8.00. The molecule has 2 aliphatic carbocycles. The first-order valence-corrected chi connectivity index (χ1v) is 8.00. The van der Waals surface area contributed by atoms with Crippen LogP contribution in [0.3, 0.4) is 0 Å². The van der Waals surface area contributed by atoms with Gasteiger partial charge < -0.3 is 4.74 Å². The molecule has 0 N–H and O–H groups in total. The molecular weight excluding hydrogens is 260 g/mol. The van der Waals surface area contributed by atoms with Crippen LogP contribution in [0, 0.1) is 5.92 Å². The summed E-state index contributed by atoms with van der Waals surface area (Å²) in [4.78, 5) is 12.1. The zero-order valence-electron chi connectivity index (χ0n) is 13.2. The summed E-state index contributed by atoms with van der Waals surface area (Å²) in [5.74, 6) is 1.68. The molecule has 1 aromatic carbocycles. The molecule has 2 heteroatoms. The lowest BCUT2D eigenvalue weighted by atomic mass is 9.57. The third-order valence-corrected chi connectivity index (χ3v) is 5.44. The molecule has 3 rings (SSSR count). The number of carbonyl (C=O) groups is 1. The number of hydrogen-bond acceptors (Lipinski definition) is 2. The van der Waals surface area contributed by atoms with Gasteiger partial charge in [-0.25, -0.2) is 0 Å². The van der Waals surface area contributed by atoms with Crippen molar-refractivity contribution in [3.8, 4) is 5.75 Å². The highest BCUT2D eigenvalue weighted by Crippen LogP contribution is 2.51. The van der Waals surface area contributed by atoms with Gasteiger partial charge in [-0.1, -0.05) is 31.9 Å². The first kappa shape index (κ1) is 14.4. The van der Waals surface area contributed by atoms with E-state index in [1.54, 1.807) is 7.11 Å². The number of fused-ring (bicyclic) bond motifs is 3. The Balaban J connectivity index is 2.13. The van der Waals surface area contributed by atoms with E-state index >= 15 is 0 Å². The molecule has 0 amide bonds. The Hall–Kier alpha value is -1.57. The topological polar surface area (TPSA) is 26.3 Å². The van der Waals surface area contributed by atoms with Crippen LogP contribution in [0.2, 0.25) is 0 Å². The summed E-state index contributed by atoms with van der Waals surface area (Å²) in [6.45, 7) is 4.56. The summed E-state index contributed by atoms with van der Waals surface area (Å²) in [5.41, 5.74) is 4.18. The quantitative estimate of drug-likeness (QED) is 0.831. The molecule has 0 unspecified atom stereocenters. The van der Waals surface area contributed by atoms with Gasteiger partial charge in [0.2, 0.25) is 0 Å². The zero-order chi connectivity index (χ0) is 15.0. The maximum absolute atomic E-state index is 12.1. The maximum atomic E-state index is 12.1. The first-order chi connectivity index (χ1) is 10.1. The summed E-state index contributed by atoms with van der Waals surface area (Å²) < 4.78 is 5.37. The predicted octanol–water partition coefficient (Wildman–Crippen LogP) is 4.21. The van der Waals surface area contributed by atoms with Gasteiger partial charge in [0.15, 0.2) is 5.78 Å². The van der Waals surface area contributed by atoms with E-state index in [1.165, 1.54) is 16.7 Å². The minimum Gasteiger partial charge on any atom is -0.497 e. The van der Waals surface area contributed by atoms with Gasteiger partial charge in [-0.15, -0.1) is 0 Å². The van der Waals surface area contributed by atoms with Gasteiger partial charge in [0.1, 0.15) is 5.75 Å². The van der Waals surface area contributed by atoms with Crippen LogP contribution in [-0.2, 0) is 16.6 Å². The molecule has 0 heterocycles. The summed E-state index contributed by atoms with van der Waals surface area (Å²) in [6.07, 6.45) is 6.89. The molecule has 0 bridgehead atoms. The van der Waals surface area contributed by atoms with Crippen molar-refractivity contribution in [2.24, 2.45) is 5.92 Å². The molecule has 2 atom stereocenters. The molecule has 2 nitrogen and oxygen atoms in total. The van der Waals surface area contributed by atoms with E-state index in [2.05, 4.69) is 32.0 Å². The number of aryl methyl sites for hydroxylation is 1. The standard InChI is InChI=1S/C19H24O2/c1-4-5-14-11-16(20)12-15-7-6-13-10-17(21-3)8-9-18(13)19(14,15)2/h8-10,12,14H,4-7,11H2,1-3H3/t14-,19-/m1/s1. The monoisotopic (exact) mass is 284 g/mol. The highest BCUT2D eigenvalue weighted by Gasteiger charge is 2.45. The molecule has 0 saturated heterocycles. The summed E-state index contributed by atoms with van der Waals surface area (Å²) in [7, 11) is 1.72. The van der Waals surface area contributed by atoms with Crippen molar-refractivity contribution in [1.82, 2.24) is 0 Å². The van der Waals surface area contributed by atoms with E-state index < -0.39 is 0 Å². The molecule has 112 valence electrons. The van der Waals surface area contributed by atoms with Crippen LogP contribution in [-0.4, -0.2) is 12.9 Å². The Kier molecular flexibility index (Phi) is 3.64. The van der Waals surface area contributed by atoms with Gasteiger partial charge in [0.25, 0.3) is 0 Å². The molecule has 21 heavy (non-hydrogen) atoms. The third kappa shape index (κ3) is 2.21. The molecule has 0 spiro atoms. The van der Waals surface area contributed by atoms with E-state index in [9.17, 15) is 4.79 Å². The Morgan fingerprint density at radius 2 is 2.14 bits per heavy atom. The van der Waals surface area contributed by atoms with Crippen LogP contribution in [0.4, 0.5) is 0 Å². The minimum absolute atomic E-state index is 0.0315. The van der Waals surface area contributed by atoms with E-state index in [1.807, 2.05) is 6.08 Å². The molecule has 0 fully saturated rings. The van der Waals surface area contributed by atoms with Gasteiger partial charge >= 0.3 is 0 Å². The minimum atomic E-state index is 0.0315. The Morgan fingerprint density at radius 3 is 2.86 bits per heavy atom. The average molecular weight is 284 g/mol. The number of benzene rings is 1. The molecule has 1 aromatic rings. The number of carbonyl (C=O) groups excluding carboxylic acids is 1. The van der Waals surface area contributed by atoms with Crippen LogP contribution >= 0.6 is 0 Å². The largest absolute Gasteiger partial charge is 0.497 e. The summed E-state index contributed by atoms with van der Waals surface area (Å²) >= 11 is 0. The smallest absolute Gasteiger partial charge is 0.155 e. The molecule has 0 aromatic heterocycles. The number of rotatable bonds is 3. The number of ether oxygens (including phenoxy) is 1. The molecule has 0 radical (unpaired) electrons. The summed E-state index contributed by atoms with van der Waals surface area (Å²) in [6, 6.07) is 6.46. The van der Waals surface area contributed by atoms with Gasteiger partial charge in [0, 0.05) is 11.8 Å². The van der Waals surface area contributed by atoms with E-state index in [0.717, 1.165) is 31.4 Å². The van der Waals surface area contributed by atoms with Crippen LogP contribution in [0.15, 0.2) is 29.8 Å².